The highest BCUT2D eigenvalue weighted by Gasteiger charge is 2.26. The van der Waals surface area contributed by atoms with Crippen molar-refractivity contribution < 1.29 is 9.18 Å². The molecule has 1 N–H and O–H groups in total. The second-order valence-electron chi connectivity index (χ2n) is 6.07. The molecule has 0 aromatic heterocycles. The minimum absolute atomic E-state index is 0.0152. The number of halogens is 1. The number of nitrogens with one attached hydrogen (secondary N) is 1. The minimum Gasteiger partial charge on any atom is -0.369 e. The molecule has 23 heavy (non-hydrogen) atoms. The van der Waals surface area contributed by atoms with Gasteiger partial charge in [-0.15, -0.1) is 0 Å². The lowest BCUT2D eigenvalue weighted by Crippen LogP contribution is -2.38. The van der Waals surface area contributed by atoms with Crippen LogP contribution in [0.25, 0.3) is 0 Å². The molecule has 3 rings (SSSR count). The Labute approximate surface area is 136 Å². The standard InChI is InChI=1S/C19H21FN2O/c1-14-5-4-6-16(13-14)21-19(23)15-9-11-22(12-10-15)18-8-3-2-7-17(18)20/h2-8,13,15H,9-12H2,1H3,(H,21,23). The summed E-state index contributed by atoms with van der Waals surface area (Å²) >= 11 is 0. The summed E-state index contributed by atoms with van der Waals surface area (Å²) in [4.78, 5) is 14.4. The Kier molecular flexibility index (Phi) is 4.60. The molecule has 1 saturated heterocycles. The molecule has 2 aromatic rings. The van der Waals surface area contributed by atoms with E-state index in [0.717, 1.165) is 24.1 Å². The molecule has 0 radical (unpaired) electrons. The number of hydrogen-bond donors (Lipinski definition) is 1. The predicted octanol–water partition coefficient (Wildman–Crippen LogP) is 3.99. The summed E-state index contributed by atoms with van der Waals surface area (Å²) in [5, 5.41) is 2.99. The van der Waals surface area contributed by atoms with Crippen LogP contribution in [0.5, 0.6) is 0 Å². The third-order valence-corrected chi connectivity index (χ3v) is 4.34. The number of hydrogen-bond acceptors (Lipinski definition) is 2. The Hall–Kier alpha value is -2.36. The lowest BCUT2D eigenvalue weighted by Gasteiger charge is -2.33. The van der Waals surface area contributed by atoms with Crippen molar-refractivity contribution >= 4 is 17.3 Å². The Morgan fingerprint density at radius 1 is 1.13 bits per heavy atom. The van der Waals surface area contributed by atoms with Crippen LogP contribution in [0.2, 0.25) is 0 Å². The monoisotopic (exact) mass is 312 g/mol. The minimum atomic E-state index is -0.199. The molecule has 1 heterocycles. The quantitative estimate of drug-likeness (QED) is 0.929. The second-order valence-corrected chi connectivity index (χ2v) is 6.07. The molecular weight excluding hydrogens is 291 g/mol. The molecular formula is C19H21FN2O. The molecule has 2 aromatic carbocycles. The van der Waals surface area contributed by atoms with Crippen molar-refractivity contribution in [1.29, 1.82) is 0 Å². The summed E-state index contributed by atoms with van der Waals surface area (Å²) in [6, 6.07) is 14.6. The largest absolute Gasteiger partial charge is 0.369 e. The van der Waals surface area contributed by atoms with Crippen LogP contribution in [0.4, 0.5) is 15.8 Å². The molecule has 0 bridgehead atoms. The number of benzene rings is 2. The van der Waals surface area contributed by atoms with Crippen molar-refractivity contribution in [3.05, 3.63) is 59.9 Å². The molecule has 4 heteroatoms. The zero-order valence-corrected chi connectivity index (χ0v) is 13.3. The smallest absolute Gasteiger partial charge is 0.227 e. The first kappa shape index (κ1) is 15.5. The Morgan fingerprint density at radius 3 is 2.57 bits per heavy atom. The number of para-hydroxylation sites is 1. The van der Waals surface area contributed by atoms with E-state index in [1.165, 1.54) is 6.07 Å². The maximum atomic E-state index is 13.8. The first-order valence-corrected chi connectivity index (χ1v) is 8.00. The van der Waals surface area contributed by atoms with Gasteiger partial charge in [-0.2, -0.15) is 0 Å². The predicted molar refractivity (Wildman–Crippen MR) is 91.1 cm³/mol. The SMILES string of the molecule is Cc1cccc(NC(=O)C2CCN(c3ccccc3F)CC2)c1. The third-order valence-electron chi connectivity index (χ3n) is 4.34. The van der Waals surface area contributed by atoms with Crippen LogP contribution in [0.15, 0.2) is 48.5 Å². The van der Waals surface area contributed by atoms with Crippen LogP contribution in [0, 0.1) is 18.7 Å². The Bertz CT molecular complexity index is 693. The highest BCUT2D eigenvalue weighted by Crippen LogP contribution is 2.26. The number of anilines is 2. The van der Waals surface area contributed by atoms with Crippen LogP contribution >= 0.6 is 0 Å². The number of piperidine rings is 1. The molecule has 1 aliphatic heterocycles. The van der Waals surface area contributed by atoms with E-state index in [-0.39, 0.29) is 17.6 Å². The fourth-order valence-electron chi connectivity index (χ4n) is 3.06. The van der Waals surface area contributed by atoms with Crippen molar-refractivity contribution in [2.45, 2.75) is 19.8 Å². The van der Waals surface area contributed by atoms with Gasteiger partial charge in [0.15, 0.2) is 0 Å². The maximum Gasteiger partial charge on any atom is 0.227 e. The number of amides is 1. The van der Waals surface area contributed by atoms with Crippen LogP contribution in [-0.2, 0) is 4.79 Å². The second kappa shape index (κ2) is 6.82. The molecule has 0 atom stereocenters. The summed E-state index contributed by atoms with van der Waals surface area (Å²) in [6.07, 6.45) is 1.48. The van der Waals surface area contributed by atoms with Gasteiger partial charge in [-0.25, -0.2) is 4.39 Å². The lowest BCUT2D eigenvalue weighted by atomic mass is 9.95. The molecule has 0 spiro atoms. The van der Waals surface area contributed by atoms with Crippen molar-refractivity contribution in [2.75, 3.05) is 23.3 Å². The summed E-state index contributed by atoms with van der Waals surface area (Å²) in [7, 11) is 0. The third kappa shape index (κ3) is 3.70. The van der Waals surface area contributed by atoms with Gasteiger partial charge < -0.3 is 10.2 Å². The summed E-state index contributed by atoms with van der Waals surface area (Å²) in [5.41, 5.74) is 2.59. The van der Waals surface area contributed by atoms with Gasteiger partial charge >= 0.3 is 0 Å². The first-order chi connectivity index (χ1) is 11.1. The topological polar surface area (TPSA) is 32.3 Å². The van der Waals surface area contributed by atoms with E-state index in [4.69, 9.17) is 0 Å². The summed E-state index contributed by atoms with van der Waals surface area (Å²) in [6.45, 7) is 3.40. The van der Waals surface area contributed by atoms with E-state index in [1.807, 2.05) is 42.2 Å². The van der Waals surface area contributed by atoms with Crippen molar-refractivity contribution in [2.24, 2.45) is 5.92 Å². The van der Waals surface area contributed by atoms with Gasteiger partial charge in [0, 0.05) is 24.7 Å². The number of carbonyl (C=O) groups excluding carboxylic acids is 1. The van der Waals surface area contributed by atoms with Gasteiger partial charge in [0.2, 0.25) is 5.91 Å². The summed E-state index contributed by atoms with van der Waals surface area (Å²) < 4.78 is 13.8. The fourth-order valence-corrected chi connectivity index (χ4v) is 3.06. The van der Waals surface area contributed by atoms with E-state index in [1.54, 1.807) is 12.1 Å². The van der Waals surface area contributed by atoms with Crippen LogP contribution in [0.1, 0.15) is 18.4 Å². The highest BCUT2D eigenvalue weighted by atomic mass is 19.1. The van der Waals surface area contributed by atoms with Crippen LogP contribution in [0.3, 0.4) is 0 Å². The summed E-state index contributed by atoms with van der Waals surface area (Å²) in [5.74, 6) is -0.155. The van der Waals surface area contributed by atoms with Gasteiger partial charge in [0.25, 0.3) is 0 Å². The van der Waals surface area contributed by atoms with Gasteiger partial charge in [0.1, 0.15) is 5.82 Å². The van der Waals surface area contributed by atoms with Gasteiger partial charge in [0.05, 0.1) is 5.69 Å². The number of aryl methyl sites for hydroxylation is 1. The van der Waals surface area contributed by atoms with Crippen molar-refractivity contribution in [1.82, 2.24) is 0 Å². The van der Waals surface area contributed by atoms with Crippen molar-refractivity contribution in [3.8, 4) is 0 Å². The first-order valence-electron chi connectivity index (χ1n) is 8.00. The van der Waals surface area contributed by atoms with Gasteiger partial charge in [-0.05, 0) is 49.6 Å². The molecule has 120 valence electrons. The number of rotatable bonds is 3. The van der Waals surface area contributed by atoms with Crippen molar-refractivity contribution in [3.63, 3.8) is 0 Å². The van der Waals surface area contributed by atoms with E-state index in [9.17, 15) is 9.18 Å². The van der Waals surface area contributed by atoms with Crippen LogP contribution < -0.4 is 10.2 Å². The molecule has 0 unspecified atom stereocenters. The molecule has 3 nitrogen and oxygen atoms in total. The normalized spacial score (nSPS) is 15.5. The van der Waals surface area contributed by atoms with Gasteiger partial charge in [-0.1, -0.05) is 24.3 Å². The Morgan fingerprint density at radius 2 is 1.87 bits per heavy atom. The highest BCUT2D eigenvalue weighted by molar-refractivity contribution is 5.92. The lowest BCUT2D eigenvalue weighted by molar-refractivity contribution is -0.120. The van der Waals surface area contributed by atoms with E-state index < -0.39 is 0 Å². The average molecular weight is 312 g/mol. The van der Waals surface area contributed by atoms with E-state index >= 15 is 0 Å². The van der Waals surface area contributed by atoms with Crippen LogP contribution in [-0.4, -0.2) is 19.0 Å². The molecule has 1 aliphatic rings. The van der Waals surface area contributed by atoms with Gasteiger partial charge in [-0.3, -0.25) is 4.79 Å². The molecule has 0 aliphatic carbocycles. The van der Waals surface area contributed by atoms with E-state index in [0.29, 0.717) is 18.8 Å². The van der Waals surface area contributed by atoms with E-state index in [2.05, 4.69) is 5.32 Å². The average Bonchev–Trinajstić information content (AvgIpc) is 2.55. The fraction of sp³-hybridized carbons (Fsp3) is 0.316. The molecule has 1 amide bonds. The zero-order valence-electron chi connectivity index (χ0n) is 13.3. The molecule has 0 saturated carbocycles. The Balaban J connectivity index is 1.58. The number of nitrogens with zero attached hydrogens (tertiary/aromatic N) is 1. The zero-order chi connectivity index (χ0) is 16.2. The molecule has 1 fully saturated rings. The maximum absolute atomic E-state index is 13.8. The number of carbonyl (C=O) groups is 1.